The van der Waals surface area contributed by atoms with Crippen molar-refractivity contribution in [3.05, 3.63) is 24.4 Å². The summed E-state index contributed by atoms with van der Waals surface area (Å²) in [6.45, 7) is 8.44. The number of aromatic nitrogens is 1. The number of anilines is 1. The molecule has 130 valence electrons. The highest BCUT2D eigenvalue weighted by Crippen LogP contribution is 2.36. The van der Waals surface area contributed by atoms with Gasteiger partial charge in [0.1, 0.15) is 11.4 Å². The third kappa shape index (κ3) is 3.27. The van der Waals surface area contributed by atoms with Crippen LogP contribution in [-0.2, 0) is 4.74 Å². The van der Waals surface area contributed by atoms with Crippen molar-refractivity contribution < 1.29 is 14.3 Å². The van der Waals surface area contributed by atoms with Gasteiger partial charge in [-0.3, -0.25) is 0 Å². The molecule has 0 atom stereocenters. The Balaban J connectivity index is 1.76. The van der Waals surface area contributed by atoms with E-state index in [9.17, 15) is 4.79 Å². The molecule has 1 saturated heterocycles. The molecule has 2 aromatic rings. The number of nitrogens with one attached hydrogen (secondary N) is 1. The third-order valence-electron chi connectivity index (χ3n) is 4.14. The number of carbonyl (C=O) groups excluding carboxylic acids is 1. The Labute approximate surface area is 142 Å². The molecule has 0 aliphatic carbocycles. The third-order valence-corrected chi connectivity index (χ3v) is 4.14. The first-order valence-corrected chi connectivity index (χ1v) is 8.26. The maximum atomic E-state index is 12.2. The first kappa shape index (κ1) is 16.5. The number of fused-ring (bicyclic) bond motifs is 1. The first-order valence-electron chi connectivity index (χ1n) is 8.26. The van der Waals surface area contributed by atoms with E-state index in [1.807, 2.05) is 39.1 Å². The summed E-state index contributed by atoms with van der Waals surface area (Å²) in [6.07, 6.45) is 1.69. The van der Waals surface area contributed by atoms with E-state index in [4.69, 9.17) is 9.47 Å². The largest absolute Gasteiger partial charge is 0.495 e. The first-order chi connectivity index (χ1) is 11.4. The zero-order valence-electron chi connectivity index (χ0n) is 14.8. The Hall–Kier alpha value is -2.37. The van der Waals surface area contributed by atoms with E-state index in [-0.39, 0.29) is 6.09 Å². The minimum atomic E-state index is -0.464. The van der Waals surface area contributed by atoms with Crippen molar-refractivity contribution in [3.63, 3.8) is 0 Å². The average Bonchev–Trinajstić information content (AvgIpc) is 3.01. The molecule has 0 unspecified atom stereocenters. The second-order valence-corrected chi connectivity index (χ2v) is 7.01. The number of H-pyrrole nitrogens is 1. The van der Waals surface area contributed by atoms with E-state index in [1.54, 1.807) is 12.0 Å². The van der Waals surface area contributed by atoms with Crippen LogP contribution in [0.5, 0.6) is 5.75 Å². The number of carbonyl (C=O) groups is 1. The molecule has 1 fully saturated rings. The van der Waals surface area contributed by atoms with E-state index in [0.29, 0.717) is 13.1 Å². The fraction of sp³-hybridized carbons (Fsp3) is 0.500. The molecular formula is C18H25N3O3. The van der Waals surface area contributed by atoms with Gasteiger partial charge in [-0.15, -0.1) is 0 Å². The van der Waals surface area contributed by atoms with Crippen LogP contribution >= 0.6 is 0 Å². The van der Waals surface area contributed by atoms with Crippen LogP contribution in [0.2, 0.25) is 0 Å². The number of methoxy groups -OCH3 is 1. The fourth-order valence-corrected chi connectivity index (χ4v) is 3.03. The molecule has 0 saturated carbocycles. The standard InChI is InChI=1S/C18H25N3O3/c1-18(2,3)24-17(22)21-11-9-20(10-12-21)16-13-7-8-19-14(13)5-6-15(16)23-4/h5-8,19H,9-12H2,1-4H3. The van der Waals surface area contributed by atoms with Gasteiger partial charge in [0, 0.05) is 43.3 Å². The minimum absolute atomic E-state index is 0.242. The minimum Gasteiger partial charge on any atom is -0.495 e. The molecule has 2 heterocycles. The Kier molecular flexibility index (Phi) is 4.30. The summed E-state index contributed by atoms with van der Waals surface area (Å²) in [5.74, 6) is 0.854. The van der Waals surface area contributed by atoms with Gasteiger partial charge in [0.25, 0.3) is 0 Å². The van der Waals surface area contributed by atoms with Gasteiger partial charge in [-0.1, -0.05) is 0 Å². The molecule has 1 aromatic carbocycles. The monoisotopic (exact) mass is 331 g/mol. The lowest BCUT2D eigenvalue weighted by Gasteiger charge is -2.37. The smallest absolute Gasteiger partial charge is 0.410 e. The molecule has 0 bridgehead atoms. The molecule has 1 amide bonds. The van der Waals surface area contributed by atoms with E-state index in [2.05, 4.69) is 16.0 Å². The molecule has 0 spiro atoms. The summed E-state index contributed by atoms with van der Waals surface area (Å²) in [6, 6.07) is 6.07. The molecule has 1 aliphatic heterocycles. The molecular weight excluding hydrogens is 306 g/mol. The lowest BCUT2D eigenvalue weighted by atomic mass is 10.1. The number of benzene rings is 1. The topological polar surface area (TPSA) is 57.8 Å². The van der Waals surface area contributed by atoms with Crippen molar-refractivity contribution in [3.8, 4) is 5.75 Å². The molecule has 6 heteroatoms. The number of hydrogen-bond acceptors (Lipinski definition) is 4. The van der Waals surface area contributed by atoms with Crippen molar-refractivity contribution in [2.75, 3.05) is 38.2 Å². The Morgan fingerprint density at radius 1 is 1.12 bits per heavy atom. The lowest BCUT2D eigenvalue weighted by molar-refractivity contribution is 0.0240. The van der Waals surface area contributed by atoms with Crippen LogP contribution in [0.25, 0.3) is 10.9 Å². The molecule has 24 heavy (non-hydrogen) atoms. The van der Waals surface area contributed by atoms with E-state index < -0.39 is 5.60 Å². The average molecular weight is 331 g/mol. The van der Waals surface area contributed by atoms with Crippen LogP contribution in [0.1, 0.15) is 20.8 Å². The number of ether oxygens (including phenoxy) is 2. The predicted molar refractivity (Wildman–Crippen MR) is 94.9 cm³/mol. The zero-order valence-corrected chi connectivity index (χ0v) is 14.8. The SMILES string of the molecule is COc1ccc2[nH]ccc2c1N1CCN(C(=O)OC(C)(C)C)CC1. The Morgan fingerprint density at radius 3 is 2.46 bits per heavy atom. The van der Waals surface area contributed by atoms with E-state index in [0.717, 1.165) is 35.4 Å². The quantitative estimate of drug-likeness (QED) is 0.918. The number of rotatable bonds is 2. The molecule has 1 aliphatic rings. The van der Waals surface area contributed by atoms with Crippen LogP contribution in [-0.4, -0.2) is 54.9 Å². The maximum Gasteiger partial charge on any atom is 0.410 e. The summed E-state index contributed by atoms with van der Waals surface area (Å²) in [7, 11) is 1.69. The van der Waals surface area contributed by atoms with E-state index >= 15 is 0 Å². The van der Waals surface area contributed by atoms with Crippen LogP contribution < -0.4 is 9.64 Å². The van der Waals surface area contributed by atoms with Crippen LogP contribution in [0.15, 0.2) is 24.4 Å². The summed E-state index contributed by atoms with van der Waals surface area (Å²) in [5, 5.41) is 1.14. The van der Waals surface area contributed by atoms with Crippen molar-refractivity contribution >= 4 is 22.7 Å². The molecule has 1 N–H and O–H groups in total. The van der Waals surface area contributed by atoms with Gasteiger partial charge in [0.2, 0.25) is 0 Å². The van der Waals surface area contributed by atoms with Gasteiger partial charge in [-0.2, -0.15) is 0 Å². The number of aromatic amines is 1. The summed E-state index contributed by atoms with van der Waals surface area (Å²) in [4.78, 5) is 19.5. The Bertz CT molecular complexity index is 725. The number of amides is 1. The van der Waals surface area contributed by atoms with Gasteiger partial charge < -0.3 is 24.3 Å². The highest BCUT2D eigenvalue weighted by atomic mass is 16.6. The van der Waals surface area contributed by atoms with Gasteiger partial charge in [0.05, 0.1) is 12.8 Å². The van der Waals surface area contributed by atoms with Gasteiger partial charge in [-0.25, -0.2) is 4.79 Å². The summed E-state index contributed by atoms with van der Waals surface area (Å²) < 4.78 is 11.0. The van der Waals surface area contributed by atoms with E-state index in [1.165, 1.54) is 0 Å². The summed E-state index contributed by atoms with van der Waals surface area (Å²) in [5.41, 5.74) is 1.70. The van der Waals surface area contributed by atoms with Crippen LogP contribution in [0.3, 0.4) is 0 Å². The van der Waals surface area contributed by atoms with Crippen LogP contribution in [0, 0.1) is 0 Å². The number of hydrogen-bond donors (Lipinski definition) is 1. The molecule has 6 nitrogen and oxygen atoms in total. The van der Waals surface area contributed by atoms with Crippen molar-refractivity contribution in [1.82, 2.24) is 9.88 Å². The maximum absolute atomic E-state index is 12.2. The van der Waals surface area contributed by atoms with Crippen molar-refractivity contribution in [2.45, 2.75) is 26.4 Å². The normalized spacial score (nSPS) is 15.7. The predicted octanol–water partition coefficient (Wildman–Crippen LogP) is 3.23. The molecule has 1 aromatic heterocycles. The van der Waals surface area contributed by atoms with Gasteiger partial charge in [-0.05, 0) is 39.0 Å². The second-order valence-electron chi connectivity index (χ2n) is 7.01. The van der Waals surface area contributed by atoms with Gasteiger partial charge >= 0.3 is 6.09 Å². The molecule has 3 rings (SSSR count). The number of piperazine rings is 1. The summed E-state index contributed by atoms with van der Waals surface area (Å²) >= 11 is 0. The number of nitrogens with zero attached hydrogens (tertiary/aromatic N) is 2. The van der Waals surface area contributed by atoms with Crippen LogP contribution in [0.4, 0.5) is 10.5 Å². The lowest BCUT2D eigenvalue weighted by Crippen LogP contribution is -2.50. The zero-order chi connectivity index (χ0) is 17.3. The second kappa shape index (κ2) is 6.26. The molecule has 0 radical (unpaired) electrons. The van der Waals surface area contributed by atoms with Crippen molar-refractivity contribution in [2.24, 2.45) is 0 Å². The van der Waals surface area contributed by atoms with Gasteiger partial charge in [0.15, 0.2) is 0 Å². The Morgan fingerprint density at radius 2 is 1.83 bits per heavy atom. The highest BCUT2D eigenvalue weighted by molar-refractivity contribution is 5.96. The van der Waals surface area contributed by atoms with Crippen molar-refractivity contribution in [1.29, 1.82) is 0 Å². The fourth-order valence-electron chi connectivity index (χ4n) is 3.03. The highest BCUT2D eigenvalue weighted by Gasteiger charge is 2.27.